The Hall–Kier alpha value is -1.57. The maximum atomic E-state index is 4.83. The third-order valence-corrected chi connectivity index (χ3v) is 4.30. The average molecular weight is 268 g/mol. The lowest BCUT2D eigenvalue weighted by Gasteiger charge is -2.18. The lowest BCUT2D eigenvalue weighted by Crippen LogP contribution is -2.16. The summed E-state index contributed by atoms with van der Waals surface area (Å²) < 4.78 is 2.33. The van der Waals surface area contributed by atoms with Crippen LogP contribution in [0.1, 0.15) is 45.5 Å². The van der Waals surface area contributed by atoms with Crippen molar-refractivity contribution in [3.63, 3.8) is 0 Å². The molecule has 1 aromatic heterocycles. The Balaban J connectivity index is 1.90. The fourth-order valence-electron chi connectivity index (χ4n) is 2.86. The standard InChI is InChI=1S/C18H24N2/c1-13-9-10-20-12-16(19-17(20)11-13)14-5-7-15(8-6-14)18(2,3)4/h5-8,12-13H,9-11H2,1-4H3. The van der Waals surface area contributed by atoms with Crippen LogP contribution in [0, 0.1) is 5.92 Å². The Bertz CT molecular complexity index is 599. The summed E-state index contributed by atoms with van der Waals surface area (Å²) in [4.78, 5) is 4.83. The summed E-state index contributed by atoms with van der Waals surface area (Å²) in [6.07, 6.45) is 4.60. The van der Waals surface area contributed by atoms with Crippen molar-refractivity contribution >= 4 is 0 Å². The maximum absolute atomic E-state index is 4.83. The second-order valence-electron chi connectivity index (χ2n) is 7.16. The van der Waals surface area contributed by atoms with Gasteiger partial charge in [0.05, 0.1) is 5.69 Å². The Morgan fingerprint density at radius 1 is 1.15 bits per heavy atom. The summed E-state index contributed by atoms with van der Waals surface area (Å²) in [6, 6.07) is 8.88. The molecular weight excluding hydrogens is 244 g/mol. The highest BCUT2D eigenvalue weighted by atomic mass is 15.1. The molecule has 3 rings (SSSR count). The normalized spacial score (nSPS) is 18.9. The van der Waals surface area contributed by atoms with E-state index in [0.29, 0.717) is 0 Å². The fourth-order valence-corrected chi connectivity index (χ4v) is 2.86. The molecule has 0 saturated heterocycles. The van der Waals surface area contributed by atoms with E-state index in [1.807, 2.05) is 0 Å². The van der Waals surface area contributed by atoms with Gasteiger partial charge in [0.2, 0.25) is 0 Å². The number of aryl methyl sites for hydroxylation is 1. The third-order valence-electron chi connectivity index (χ3n) is 4.30. The van der Waals surface area contributed by atoms with Crippen molar-refractivity contribution in [2.45, 2.75) is 52.5 Å². The molecule has 0 spiro atoms. The van der Waals surface area contributed by atoms with Gasteiger partial charge in [-0.3, -0.25) is 0 Å². The fraction of sp³-hybridized carbons (Fsp3) is 0.500. The van der Waals surface area contributed by atoms with Crippen molar-refractivity contribution in [1.82, 2.24) is 9.55 Å². The highest BCUT2D eigenvalue weighted by Crippen LogP contribution is 2.27. The Kier molecular flexibility index (Phi) is 3.19. The molecule has 0 saturated carbocycles. The number of benzene rings is 1. The zero-order valence-electron chi connectivity index (χ0n) is 13.0. The SMILES string of the molecule is CC1CCn2cc(-c3ccc(C(C)(C)C)cc3)nc2C1. The van der Waals surface area contributed by atoms with Crippen LogP contribution in [-0.4, -0.2) is 9.55 Å². The van der Waals surface area contributed by atoms with Crippen molar-refractivity contribution in [1.29, 1.82) is 0 Å². The lowest BCUT2D eigenvalue weighted by atomic mass is 9.86. The molecule has 2 heteroatoms. The van der Waals surface area contributed by atoms with E-state index in [-0.39, 0.29) is 5.41 Å². The molecule has 1 aliphatic rings. The molecule has 0 fully saturated rings. The molecule has 0 aliphatic carbocycles. The molecule has 0 bridgehead atoms. The zero-order valence-corrected chi connectivity index (χ0v) is 13.0. The number of hydrogen-bond acceptors (Lipinski definition) is 1. The largest absolute Gasteiger partial charge is 0.334 e. The number of nitrogens with zero attached hydrogens (tertiary/aromatic N) is 2. The van der Waals surface area contributed by atoms with E-state index >= 15 is 0 Å². The minimum Gasteiger partial charge on any atom is -0.334 e. The van der Waals surface area contributed by atoms with Gasteiger partial charge in [-0.1, -0.05) is 52.0 Å². The monoisotopic (exact) mass is 268 g/mol. The predicted molar refractivity (Wildman–Crippen MR) is 83.8 cm³/mol. The van der Waals surface area contributed by atoms with Gasteiger partial charge >= 0.3 is 0 Å². The van der Waals surface area contributed by atoms with E-state index in [9.17, 15) is 0 Å². The molecule has 1 aromatic carbocycles. The first-order chi connectivity index (χ1) is 9.43. The van der Waals surface area contributed by atoms with Gasteiger partial charge in [0, 0.05) is 24.7 Å². The van der Waals surface area contributed by atoms with Crippen molar-refractivity contribution < 1.29 is 0 Å². The van der Waals surface area contributed by atoms with Crippen molar-refractivity contribution in [2.75, 3.05) is 0 Å². The molecule has 1 unspecified atom stereocenters. The summed E-state index contributed by atoms with van der Waals surface area (Å²) >= 11 is 0. The van der Waals surface area contributed by atoms with Gasteiger partial charge in [0.25, 0.3) is 0 Å². The molecule has 2 heterocycles. The summed E-state index contributed by atoms with van der Waals surface area (Å²) in [7, 11) is 0. The predicted octanol–water partition coefficient (Wildman–Crippen LogP) is 4.43. The molecule has 20 heavy (non-hydrogen) atoms. The van der Waals surface area contributed by atoms with Crippen LogP contribution in [0.15, 0.2) is 30.5 Å². The molecule has 106 valence electrons. The van der Waals surface area contributed by atoms with E-state index in [4.69, 9.17) is 4.98 Å². The van der Waals surface area contributed by atoms with Crippen LogP contribution in [-0.2, 0) is 18.4 Å². The van der Waals surface area contributed by atoms with Gasteiger partial charge in [0.15, 0.2) is 0 Å². The molecule has 2 aromatic rings. The third kappa shape index (κ3) is 2.52. The van der Waals surface area contributed by atoms with Crippen molar-refractivity contribution in [3.8, 4) is 11.3 Å². The molecule has 1 aliphatic heterocycles. The molecule has 1 atom stereocenters. The second-order valence-corrected chi connectivity index (χ2v) is 7.16. The molecular formula is C18H24N2. The first-order valence-corrected chi connectivity index (χ1v) is 7.60. The Morgan fingerprint density at radius 2 is 1.85 bits per heavy atom. The molecule has 0 radical (unpaired) electrons. The van der Waals surface area contributed by atoms with E-state index < -0.39 is 0 Å². The van der Waals surface area contributed by atoms with E-state index in [2.05, 4.69) is 62.7 Å². The zero-order chi connectivity index (χ0) is 14.3. The van der Waals surface area contributed by atoms with Crippen LogP contribution in [0.25, 0.3) is 11.3 Å². The molecule has 0 N–H and O–H groups in total. The Labute approximate surface area is 121 Å². The van der Waals surface area contributed by atoms with Crippen LogP contribution in [0.2, 0.25) is 0 Å². The van der Waals surface area contributed by atoms with Crippen LogP contribution >= 0.6 is 0 Å². The average Bonchev–Trinajstić information content (AvgIpc) is 2.80. The van der Waals surface area contributed by atoms with Gasteiger partial charge in [-0.15, -0.1) is 0 Å². The van der Waals surface area contributed by atoms with Crippen LogP contribution in [0.3, 0.4) is 0 Å². The van der Waals surface area contributed by atoms with E-state index in [0.717, 1.165) is 24.6 Å². The van der Waals surface area contributed by atoms with Crippen molar-refractivity contribution in [3.05, 3.63) is 41.9 Å². The number of imidazole rings is 1. The summed E-state index contributed by atoms with van der Waals surface area (Å²) in [5.74, 6) is 2.01. The van der Waals surface area contributed by atoms with E-state index in [1.54, 1.807) is 0 Å². The van der Waals surface area contributed by atoms with Gasteiger partial charge < -0.3 is 4.57 Å². The number of fused-ring (bicyclic) bond motifs is 1. The molecule has 2 nitrogen and oxygen atoms in total. The van der Waals surface area contributed by atoms with Gasteiger partial charge in [-0.2, -0.15) is 0 Å². The minimum atomic E-state index is 0.210. The summed E-state index contributed by atoms with van der Waals surface area (Å²) in [5.41, 5.74) is 3.93. The first kappa shape index (κ1) is 13.4. The quantitative estimate of drug-likeness (QED) is 0.748. The van der Waals surface area contributed by atoms with Gasteiger partial charge in [-0.05, 0) is 23.3 Å². The van der Waals surface area contributed by atoms with E-state index in [1.165, 1.54) is 23.4 Å². The van der Waals surface area contributed by atoms with Crippen LogP contribution in [0.5, 0.6) is 0 Å². The summed E-state index contributed by atoms with van der Waals surface area (Å²) in [6.45, 7) is 10.2. The van der Waals surface area contributed by atoms with Gasteiger partial charge in [-0.25, -0.2) is 4.98 Å². The summed E-state index contributed by atoms with van der Waals surface area (Å²) in [5, 5.41) is 0. The van der Waals surface area contributed by atoms with Crippen LogP contribution < -0.4 is 0 Å². The number of hydrogen-bond donors (Lipinski definition) is 0. The topological polar surface area (TPSA) is 17.8 Å². The maximum Gasteiger partial charge on any atom is 0.109 e. The highest BCUT2D eigenvalue weighted by molar-refractivity contribution is 5.59. The highest BCUT2D eigenvalue weighted by Gasteiger charge is 2.18. The first-order valence-electron chi connectivity index (χ1n) is 7.60. The smallest absolute Gasteiger partial charge is 0.109 e. The molecule has 0 amide bonds. The van der Waals surface area contributed by atoms with Gasteiger partial charge in [0.1, 0.15) is 5.82 Å². The number of aromatic nitrogens is 2. The Morgan fingerprint density at radius 3 is 2.50 bits per heavy atom. The minimum absolute atomic E-state index is 0.210. The lowest BCUT2D eigenvalue weighted by molar-refractivity contribution is 0.409. The number of rotatable bonds is 1. The van der Waals surface area contributed by atoms with Crippen molar-refractivity contribution in [2.24, 2.45) is 5.92 Å². The second kappa shape index (κ2) is 4.76. The van der Waals surface area contributed by atoms with Crippen LogP contribution in [0.4, 0.5) is 0 Å².